The Bertz CT molecular complexity index is 1100. The number of halogens is 1. The minimum absolute atomic E-state index is 0.0472. The van der Waals surface area contributed by atoms with Crippen LogP contribution in [-0.4, -0.2) is 40.8 Å². The molecule has 1 saturated heterocycles. The van der Waals surface area contributed by atoms with Gasteiger partial charge in [0, 0.05) is 24.0 Å². The Balaban J connectivity index is 1.49. The van der Waals surface area contributed by atoms with E-state index >= 15 is 0 Å². The number of pyridine rings is 1. The number of amides is 2. The van der Waals surface area contributed by atoms with Gasteiger partial charge in [-0.3, -0.25) is 9.59 Å². The number of nitrogens with zero attached hydrogens (tertiary/aromatic N) is 2. The Morgan fingerprint density at radius 2 is 1.91 bits per heavy atom. The number of carbonyl (C=O) groups is 2. The summed E-state index contributed by atoms with van der Waals surface area (Å²) >= 11 is 5.86. The third-order valence-electron chi connectivity index (χ3n) is 5.89. The molecule has 0 unspecified atom stereocenters. The fourth-order valence-corrected chi connectivity index (χ4v) is 4.19. The maximum absolute atomic E-state index is 12.9. The summed E-state index contributed by atoms with van der Waals surface area (Å²) in [7, 11) is 0. The van der Waals surface area contributed by atoms with Gasteiger partial charge >= 0.3 is 0 Å². The van der Waals surface area contributed by atoms with E-state index in [9.17, 15) is 9.59 Å². The van der Waals surface area contributed by atoms with Crippen molar-refractivity contribution in [3.05, 3.63) is 53.4 Å². The van der Waals surface area contributed by atoms with Crippen LogP contribution in [0.3, 0.4) is 0 Å². The number of benzene rings is 1. The second kappa shape index (κ2) is 9.71. The van der Waals surface area contributed by atoms with Crippen molar-refractivity contribution >= 4 is 45.9 Å². The first kappa shape index (κ1) is 22.3. The van der Waals surface area contributed by atoms with Gasteiger partial charge in [0.2, 0.25) is 11.7 Å². The minimum atomic E-state index is -0.489. The van der Waals surface area contributed by atoms with Crippen molar-refractivity contribution in [2.45, 2.75) is 39.2 Å². The highest BCUT2D eigenvalue weighted by Crippen LogP contribution is 2.32. The highest BCUT2D eigenvalue weighted by Gasteiger charge is 2.26. The number of rotatable bonds is 6. The molecule has 2 aromatic heterocycles. The van der Waals surface area contributed by atoms with Crippen LogP contribution < -0.4 is 10.6 Å². The number of piperidine rings is 1. The third-order valence-corrected chi connectivity index (χ3v) is 6.11. The number of anilines is 2. The van der Waals surface area contributed by atoms with Crippen molar-refractivity contribution < 1.29 is 14.0 Å². The van der Waals surface area contributed by atoms with Crippen LogP contribution in [0.2, 0.25) is 5.02 Å². The minimum Gasteiger partial charge on any atom is -0.449 e. The van der Waals surface area contributed by atoms with Crippen molar-refractivity contribution in [3.63, 3.8) is 0 Å². The molecule has 2 N–H and O–H groups in total. The van der Waals surface area contributed by atoms with Crippen LogP contribution in [0.1, 0.15) is 43.7 Å². The summed E-state index contributed by atoms with van der Waals surface area (Å²) in [6.07, 6.45) is 3.86. The molecule has 3 aromatic rings. The van der Waals surface area contributed by atoms with Crippen LogP contribution in [-0.2, 0) is 4.79 Å². The lowest BCUT2D eigenvalue weighted by Crippen LogP contribution is -2.39. The second-order valence-electron chi connectivity index (χ2n) is 8.44. The Kier molecular flexibility index (Phi) is 6.77. The van der Waals surface area contributed by atoms with Crippen molar-refractivity contribution in [3.8, 4) is 0 Å². The Morgan fingerprint density at radius 1 is 1.16 bits per heavy atom. The molecule has 2 amide bonds. The van der Waals surface area contributed by atoms with Crippen LogP contribution in [0, 0.1) is 5.92 Å². The number of hydrogen-bond donors (Lipinski definition) is 2. The average Bonchev–Trinajstić information content (AvgIpc) is 3.14. The molecule has 0 spiro atoms. The van der Waals surface area contributed by atoms with E-state index in [4.69, 9.17) is 16.0 Å². The van der Waals surface area contributed by atoms with Crippen molar-refractivity contribution in [1.82, 2.24) is 9.88 Å². The number of carbonyl (C=O) groups excluding carboxylic acids is 2. The van der Waals surface area contributed by atoms with E-state index in [2.05, 4.69) is 34.4 Å². The lowest BCUT2D eigenvalue weighted by Gasteiger charge is -2.34. The fourth-order valence-electron chi connectivity index (χ4n) is 4.08. The van der Waals surface area contributed by atoms with Crippen LogP contribution >= 0.6 is 11.6 Å². The zero-order valence-electron chi connectivity index (χ0n) is 18.2. The van der Waals surface area contributed by atoms with Gasteiger partial charge in [0.05, 0.1) is 5.02 Å². The molecular weight excluding hydrogens is 428 g/mol. The molecule has 3 heterocycles. The number of furan rings is 1. The SMILES string of the molecule is CC(C)N1CCC(CC(=O)Nc2c(C(=O)Nc3ccc(Cl)cn3)oc3ccccc23)CC1. The molecule has 0 aliphatic carbocycles. The summed E-state index contributed by atoms with van der Waals surface area (Å²) in [5, 5.41) is 6.80. The molecule has 1 aliphatic heterocycles. The summed E-state index contributed by atoms with van der Waals surface area (Å²) in [5.74, 6) is 0.119. The predicted octanol–water partition coefficient (Wildman–Crippen LogP) is 5.18. The number of likely N-dealkylation sites (tertiary alicyclic amines) is 1. The summed E-state index contributed by atoms with van der Waals surface area (Å²) in [5.41, 5.74) is 0.916. The molecule has 4 rings (SSSR count). The summed E-state index contributed by atoms with van der Waals surface area (Å²) in [4.78, 5) is 32.3. The quantitative estimate of drug-likeness (QED) is 0.535. The van der Waals surface area contributed by atoms with Crippen molar-refractivity contribution in [2.24, 2.45) is 5.92 Å². The van der Waals surface area contributed by atoms with Crippen LogP contribution in [0.5, 0.6) is 0 Å². The standard InChI is InChI=1S/C24H27ClN4O3/c1-15(2)29-11-9-16(10-12-29)13-21(30)28-22-18-5-3-4-6-19(18)32-23(22)24(31)27-20-8-7-17(25)14-26-20/h3-8,14-16H,9-13H2,1-2H3,(H,28,30)(H,26,27,31). The smallest absolute Gasteiger partial charge is 0.294 e. The molecule has 0 bridgehead atoms. The molecule has 7 nitrogen and oxygen atoms in total. The Morgan fingerprint density at radius 3 is 2.59 bits per heavy atom. The number of aromatic nitrogens is 1. The van der Waals surface area contributed by atoms with Crippen LogP contribution in [0.4, 0.5) is 11.5 Å². The zero-order valence-corrected chi connectivity index (χ0v) is 19.0. The van der Waals surface area contributed by atoms with Gasteiger partial charge in [0.25, 0.3) is 5.91 Å². The molecule has 0 radical (unpaired) electrons. The normalized spacial score (nSPS) is 15.2. The van der Waals surface area contributed by atoms with Crippen LogP contribution in [0.15, 0.2) is 47.0 Å². The molecule has 168 valence electrons. The van der Waals surface area contributed by atoms with E-state index in [1.165, 1.54) is 6.20 Å². The van der Waals surface area contributed by atoms with E-state index in [0.29, 0.717) is 45.9 Å². The summed E-state index contributed by atoms with van der Waals surface area (Å²) < 4.78 is 5.80. The fraction of sp³-hybridized carbons (Fsp3) is 0.375. The predicted molar refractivity (Wildman–Crippen MR) is 126 cm³/mol. The highest BCUT2D eigenvalue weighted by molar-refractivity contribution is 6.30. The molecule has 0 atom stereocenters. The van der Waals surface area contributed by atoms with Crippen LogP contribution in [0.25, 0.3) is 11.0 Å². The van der Waals surface area contributed by atoms with Gasteiger partial charge in [-0.15, -0.1) is 0 Å². The number of nitrogens with one attached hydrogen (secondary N) is 2. The van der Waals surface area contributed by atoms with Crippen molar-refractivity contribution in [2.75, 3.05) is 23.7 Å². The van der Waals surface area contributed by atoms with E-state index in [1.54, 1.807) is 18.2 Å². The number of hydrogen-bond acceptors (Lipinski definition) is 5. The summed E-state index contributed by atoms with van der Waals surface area (Å²) in [6.45, 7) is 6.41. The van der Waals surface area contributed by atoms with Gasteiger partial charge in [0.1, 0.15) is 17.1 Å². The molecule has 0 saturated carbocycles. The lowest BCUT2D eigenvalue weighted by atomic mass is 9.92. The number of fused-ring (bicyclic) bond motifs is 1. The molecule has 1 aliphatic rings. The average molecular weight is 455 g/mol. The van der Waals surface area contributed by atoms with E-state index in [0.717, 1.165) is 25.9 Å². The van der Waals surface area contributed by atoms with E-state index in [-0.39, 0.29) is 11.7 Å². The first-order valence-corrected chi connectivity index (χ1v) is 11.3. The van der Waals surface area contributed by atoms with E-state index < -0.39 is 5.91 Å². The van der Waals surface area contributed by atoms with Gasteiger partial charge in [-0.25, -0.2) is 4.98 Å². The molecule has 32 heavy (non-hydrogen) atoms. The van der Waals surface area contributed by atoms with Gasteiger partial charge in [-0.2, -0.15) is 0 Å². The number of para-hydroxylation sites is 1. The maximum Gasteiger partial charge on any atom is 0.294 e. The Hall–Kier alpha value is -2.90. The van der Waals surface area contributed by atoms with Gasteiger partial charge < -0.3 is 20.0 Å². The zero-order chi connectivity index (χ0) is 22.7. The topological polar surface area (TPSA) is 87.5 Å². The summed E-state index contributed by atoms with van der Waals surface area (Å²) in [6, 6.07) is 11.0. The lowest BCUT2D eigenvalue weighted by molar-refractivity contribution is -0.117. The highest BCUT2D eigenvalue weighted by atomic mass is 35.5. The third kappa shape index (κ3) is 5.11. The van der Waals surface area contributed by atoms with Crippen molar-refractivity contribution in [1.29, 1.82) is 0 Å². The van der Waals surface area contributed by atoms with E-state index in [1.807, 2.05) is 18.2 Å². The Labute approximate surface area is 192 Å². The molecule has 1 aromatic carbocycles. The second-order valence-corrected chi connectivity index (χ2v) is 8.88. The molecular formula is C24H27ClN4O3. The molecule has 8 heteroatoms. The molecule has 1 fully saturated rings. The largest absolute Gasteiger partial charge is 0.449 e. The maximum atomic E-state index is 12.9. The van der Waals surface area contributed by atoms with Gasteiger partial charge in [0.15, 0.2) is 0 Å². The first-order chi connectivity index (χ1) is 15.4. The first-order valence-electron chi connectivity index (χ1n) is 10.9. The monoisotopic (exact) mass is 454 g/mol. The van der Waals surface area contributed by atoms with Gasteiger partial charge in [-0.1, -0.05) is 23.7 Å². The van der Waals surface area contributed by atoms with Gasteiger partial charge in [-0.05, 0) is 70.0 Å².